The van der Waals surface area contributed by atoms with Crippen LogP contribution in [-0.2, 0) is 7.05 Å². The number of hydrogen-bond donors (Lipinski definition) is 1. The maximum atomic E-state index is 13.0. The number of aryl methyl sites for hydroxylation is 1. The monoisotopic (exact) mass is 476 g/mol. The van der Waals surface area contributed by atoms with Gasteiger partial charge in [-0.25, -0.2) is 0 Å². The topological polar surface area (TPSA) is 89.8 Å². The van der Waals surface area contributed by atoms with Gasteiger partial charge in [0.25, 0.3) is 11.4 Å². The molecule has 1 atom stereocenters. The van der Waals surface area contributed by atoms with Crippen molar-refractivity contribution in [1.29, 1.82) is 5.26 Å². The van der Waals surface area contributed by atoms with Crippen LogP contribution < -0.4 is 10.5 Å². The molecule has 178 valence electrons. The highest BCUT2D eigenvalue weighted by Gasteiger charge is 2.31. The predicted molar refractivity (Wildman–Crippen MR) is 138 cm³/mol. The van der Waals surface area contributed by atoms with Crippen LogP contribution in [0.15, 0.2) is 71.5 Å². The Bertz CT molecular complexity index is 1570. The molecule has 0 aliphatic carbocycles. The van der Waals surface area contributed by atoms with Crippen molar-refractivity contribution in [2.24, 2.45) is 7.05 Å². The minimum Gasteiger partial charge on any atom is -0.508 e. The first kappa shape index (κ1) is 23.1. The Hall–Kier alpha value is -4.66. The number of piperazine rings is 1. The van der Waals surface area contributed by atoms with Gasteiger partial charge in [0.1, 0.15) is 23.1 Å². The number of rotatable bonds is 4. The molecule has 0 bridgehead atoms. The minimum absolute atomic E-state index is 0.0355. The standard InChI is InChI=1S/C28H24N6O2/c1-30-24-13-12-22-25(31-24)27(21(18-29)28(36)32(22)2)34-16-14-33(15-17-34)26(19-8-4-3-5-9-19)20-10-6-7-11-23(20)35/h3-13,26,35H,14-17H2,2H3. The third kappa shape index (κ3) is 3.94. The Labute approximate surface area is 208 Å². The molecule has 1 N–H and O–H groups in total. The number of para-hydroxylation sites is 1. The number of benzene rings is 2. The van der Waals surface area contributed by atoms with Crippen LogP contribution >= 0.6 is 0 Å². The first-order chi connectivity index (χ1) is 17.5. The fourth-order valence-corrected chi connectivity index (χ4v) is 5.00. The molecule has 36 heavy (non-hydrogen) atoms. The van der Waals surface area contributed by atoms with Gasteiger partial charge in [-0.1, -0.05) is 55.1 Å². The van der Waals surface area contributed by atoms with Gasteiger partial charge in [-0.2, -0.15) is 5.26 Å². The van der Waals surface area contributed by atoms with Gasteiger partial charge in [-0.15, -0.1) is 4.98 Å². The Morgan fingerprint density at radius 1 is 1.03 bits per heavy atom. The second kappa shape index (κ2) is 9.53. The van der Waals surface area contributed by atoms with Crippen molar-refractivity contribution in [1.82, 2.24) is 14.5 Å². The molecule has 0 spiro atoms. The van der Waals surface area contributed by atoms with Crippen LogP contribution in [-0.4, -0.2) is 45.7 Å². The number of hydrogen-bond acceptors (Lipinski definition) is 6. The van der Waals surface area contributed by atoms with Gasteiger partial charge < -0.3 is 19.4 Å². The first-order valence-corrected chi connectivity index (χ1v) is 11.7. The van der Waals surface area contributed by atoms with Crippen LogP contribution in [0.25, 0.3) is 15.9 Å². The first-order valence-electron chi connectivity index (χ1n) is 11.7. The molecule has 1 aliphatic heterocycles. The van der Waals surface area contributed by atoms with Crippen molar-refractivity contribution in [3.63, 3.8) is 0 Å². The number of nitrogens with zero attached hydrogens (tertiary/aromatic N) is 6. The Morgan fingerprint density at radius 2 is 1.72 bits per heavy atom. The molecular formula is C28H24N6O2. The zero-order valence-electron chi connectivity index (χ0n) is 19.8. The second-order valence-electron chi connectivity index (χ2n) is 8.74. The SMILES string of the molecule is [C-]#[N+]c1ccc2c(n1)c(N1CCN(C(c3ccccc3)c3ccccc3O)CC1)c(C#N)c(=O)n2C. The number of fused-ring (bicyclic) bond motifs is 1. The van der Waals surface area contributed by atoms with Crippen molar-refractivity contribution in [2.75, 3.05) is 31.1 Å². The molecule has 0 amide bonds. The molecule has 2 aromatic heterocycles. The summed E-state index contributed by atoms with van der Waals surface area (Å²) in [6.07, 6.45) is 0. The zero-order chi connectivity index (χ0) is 25.2. The van der Waals surface area contributed by atoms with Gasteiger partial charge in [0.15, 0.2) is 0 Å². The lowest BCUT2D eigenvalue weighted by Gasteiger charge is -2.40. The van der Waals surface area contributed by atoms with Crippen molar-refractivity contribution < 1.29 is 5.11 Å². The smallest absolute Gasteiger partial charge is 0.271 e. The van der Waals surface area contributed by atoms with Crippen LogP contribution in [0.3, 0.4) is 0 Å². The highest BCUT2D eigenvalue weighted by molar-refractivity contribution is 5.92. The van der Waals surface area contributed by atoms with Gasteiger partial charge in [-0.05, 0) is 23.8 Å². The number of phenolic OH excluding ortho intramolecular Hbond substituents is 1. The predicted octanol–water partition coefficient (Wildman–Crippen LogP) is 3.97. The number of phenols is 1. The van der Waals surface area contributed by atoms with Gasteiger partial charge in [0, 0.05) is 38.8 Å². The fourth-order valence-electron chi connectivity index (χ4n) is 5.00. The number of aromatic hydroxyl groups is 1. The maximum absolute atomic E-state index is 13.0. The van der Waals surface area contributed by atoms with E-state index in [-0.39, 0.29) is 28.7 Å². The molecule has 1 fully saturated rings. The van der Waals surface area contributed by atoms with Gasteiger partial charge in [0.2, 0.25) is 5.52 Å². The van der Waals surface area contributed by atoms with Crippen molar-refractivity contribution in [2.45, 2.75) is 6.04 Å². The number of anilines is 1. The van der Waals surface area contributed by atoms with Crippen molar-refractivity contribution in [3.8, 4) is 11.8 Å². The summed E-state index contributed by atoms with van der Waals surface area (Å²) < 4.78 is 1.41. The minimum atomic E-state index is -0.379. The van der Waals surface area contributed by atoms with Gasteiger partial charge in [-0.3, -0.25) is 9.69 Å². The van der Waals surface area contributed by atoms with Gasteiger partial charge >= 0.3 is 0 Å². The van der Waals surface area contributed by atoms with Crippen molar-refractivity contribution in [3.05, 3.63) is 105 Å². The van der Waals surface area contributed by atoms with E-state index in [9.17, 15) is 15.2 Å². The summed E-state index contributed by atoms with van der Waals surface area (Å²) in [7, 11) is 1.61. The fraction of sp³-hybridized carbons (Fsp3) is 0.214. The Morgan fingerprint density at radius 3 is 2.39 bits per heavy atom. The number of nitriles is 1. The van der Waals surface area contributed by atoms with Crippen LogP contribution in [0, 0.1) is 17.9 Å². The van der Waals surface area contributed by atoms with Gasteiger partial charge in [0.05, 0.1) is 11.6 Å². The van der Waals surface area contributed by atoms with Crippen LogP contribution in [0.1, 0.15) is 22.7 Å². The van der Waals surface area contributed by atoms with E-state index in [4.69, 9.17) is 6.57 Å². The van der Waals surface area contributed by atoms with E-state index in [0.29, 0.717) is 42.9 Å². The quantitative estimate of drug-likeness (QED) is 0.448. The Balaban J connectivity index is 1.54. The summed E-state index contributed by atoms with van der Waals surface area (Å²) in [5.74, 6) is 0.461. The van der Waals surface area contributed by atoms with E-state index < -0.39 is 0 Å². The summed E-state index contributed by atoms with van der Waals surface area (Å²) in [5, 5.41) is 20.5. The molecule has 0 radical (unpaired) electrons. The normalized spacial score (nSPS) is 14.8. The second-order valence-corrected chi connectivity index (χ2v) is 8.74. The molecule has 8 nitrogen and oxygen atoms in total. The molecule has 0 saturated carbocycles. The Kier molecular flexibility index (Phi) is 6.12. The average Bonchev–Trinajstić information content (AvgIpc) is 2.92. The molecule has 2 aromatic carbocycles. The lowest BCUT2D eigenvalue weighted by molar-refractivity contribution is 0.209. The molecule has 1 aliphatic rings. The summed E-state index contributed by atoms with van der Waals surface area (Å²) in [4.78, 5) is 25.2. The summed E-state index contributed by atoms with van der Waals surface area (Å²) >= 11 is 0. The number of pyridine rings is 2. The van der Waals surface area contributed by atoms with Crippen molar-refractivity contribution >= 4 is 22.5 Å². The van der Waals surface area contributed by atoms with Crippen LogP contribution in [0.5, 0.6) is 5.75 Å². The van der Waals surface area contributed by atoms with Crippen LogP contribution in [0.2, 0.25) is 0 Å². The third-order valence-electron chi connectivity index (χ3n) is 6.77. The van der Waals surface area contributed by atoms with E-state index in [0.717, 1.165) is 11.1 Å². The number of aromatic nitrogens is 2. The molecule has 1 saturated heterocycles. The summed E-state index contributed by atoms with van der Waals surface area (Å²) in [6.45, 7) is 9.75. The summed E-state index contributed by atoms with van der Waals surface area (Å²) in [5.41, 5.74) is 3.12. The van der Waals surface area contributed by atoms with E-state index >= 15 is 0 Å². The zero-order valence-corrected chi connectivity index (χ0v) is 19.8. The molecule has 1 unspecified atom stereocenters. The lowest BCUT2D eigenvalue weighted by atomic mass is 9.95. The molecule has 5 rings (SSSR count). The third-order valence-corrected chi connectivity index (χ3v) is 6.77. The highest BCUT2D eigenvalue weighted by Crippen LogP contribution is 2.36. The van der Waals surface area contributed by atoms with E-state index in [1.165, 1.54) is 4.57 Å². The maximum Gasteiger partial charge on any atom is 0.271 e. The highest BCUT2D eigenvalue weighted by atomic mass is 16.3. The van der Waals surface area contributed by atoms with E-state index in [1.54, 1.807) is 25.2 Å². The van der Waals surface area contributed by atoms with E-state index in [2.05, 4.69) is 32.9 Å². The average molecular weight is 477 g/mol. The largest absolute Gasteiger partial charge is 0.508 e. The molecular weight excluding hydrogens is 452 g/mol. The molecule has 3 heterocycles. The van der Waals surface area contributed by atoms with Crippen LogP contribution in [0.4, 0.5) is 11.5 Å². The lowest BCUT2D eigenvalue weighted by Crippen LogP contribution is -2.48. The molecule has 4 aromatic rings. The van der Waals surface area contributed by atoms with E-state index in [1.807, 2.05) is 41.3 Å². The summed E-state index contributed by atoms with van der Waals surface area (Å²) in [6, 6.07) is 22.7. The molecule has 8 heteroatoms.